The quantitative estimate of drug-likeness (QED) is 0.281. The Morgan fingerprint density at radius 3 is 2.22 bits per heavy atom. The van der Waals surface area contributed by atoms with Gasteiger partial charge in [-0.05, 0) is 52.5 Å². The number of aromatic carboxylic acids is 1. The number of hydrogen-bond acceptors (Lipinski definition) is 9. The Labute approximate surface area is 208 Å². The maximum Gasteiger partial charge on any atom is 0.335 e. The van der Waals surface area contributed by atoms with E-state index in [0.29, 0.717) is 5.69 Å². The van der Waals surface area contributed by atoms with E-state index in [9.17, 15) is 28.5 Å². The Morgan fingerprint density at radius 1 is 0.861 bits per heavy atom. The predicted octanol–water partition coefficient (Wildman–Crippen LogP) is 3.91. The van der Waals surface area contributed by atoms with E-state index in [0.717, 1.165) is 11.8 Å². The van der Waals surface area contributed by atoms with Crippen LogP contribution in [0.15, 0.2) is 98.7 Å². The highest BCUT2D eigenvalue weighted by Gasteiger charge is 2.32. The topological polar surface area (TPSA) is 155 Å². The van der Waals surface area contributed by atoms with Gasteiger partial charge in [0.25, 0.3) is 0 Å². The first-order valence-electron chi connectivity index (χ1n) is 10.4. The molecule has 0 amide bonds. The van der Waals surface area contributed by atoms with Crippen LogP contribution in [0.4, 0.5) is 0 Å². The lowest BCUT2D eigenvalue weighted by Crippen LogP contribution is -2.06. The van der Waals surface area contributed by atoms with Gasteiger partial charge in [-0.3, -0.25) is 0 Å². The molecule has 0 saturated heterocycles. The van der Waals surface area contributed by atoms with Gasteiger partial charge in [-0.15, -0.1) is 5.10 Å². The van der Waals surface area contributed by atoms with Gasteiger partial charge < -0.3 is 15.3 Å². The van der Waals surface area contributed by atoms with Crippen molar-refractivity contribution in [3.8, 4) is 17.2 Å². The summed E-state index contributed by atoms with van der Waals surface area (Å²) in [4.78, 5) is 10.6. The number of phenolic OH excluding ortho intramolecular Hbond substituents is 2. The van der Waals surface area contributed by atoms with E-state index < -0.39 is 26.5 Å². The number of rotatable bonds is 6. The second kappa shape index (κ2) is 8.98. The molecule has 10 nitrogen and oxygen atoms in total. The number of fused-ring (bicyclic) bond motifs is 1. The van der Waals surface area contributed by atoms with Gasteiger partial charge in [-0.25, -0.2) is 13.2 Å². The molecule has 5 rings (SSSR count). The molecule has 12 heteroatoms. The molecule has 0 unspecified atom stereocenters. The maximum absolute atomic E-state index is 13.7. The summed E-state index contributed by atoms with van der Waals surface area (Å²) < 4.78 is 28.5. The van der Waals surface area contributed by atoms with Crippen LogP contribution in [-0.4, -0.2) is 49.9 Å². The van der Waals surface area contributed by atoms with Gasteiger partial charge in [0.05, 0.1) is 21.0 Å². The molecule has 5 aromatic rings. The van der Waals surface area contributed by atoms with Crippen molar-refractivity contribution in [3.05, 3.63) is 84.4 Å². The molecule has 0 atom stereocenters. The molecule has 0 bridgehead atoms. The van der Waals surface area contributed by atoms with Crippen molar-refractivity contribution >= 4 is 38.3 Å². The average Bonchev–Trinajstić information content (AvgIpc) is 3.36. The van der Waals surface area contributed by atoms with E-state index in [1.165, 1.54) is 41.1 Å². The fourth-order valence-corrected chi connectivity index (χ4v) is 6.48. The van der Waals surface area contributed by atoms with E-state index in [2.05, 4.69) is 15.5 Å². The van der Waals surface area contributed by atoms with Crippen molar-refractivity contribution in [2.24, 2.45) is 0 Å². The zero-order chi connectivity index (χ0) is 25.4. The number of benzene rings is 4. The lowest BCUT2D eigenvalue weighted by atomic mass is 10.1. The highest BCUT2D eigenvalue weighted by molar-refractivity contribution is 8.00. The van der Waals surface area contributed by atoms with Crippen molar-refractivity contribution in [3.63, 3.8) is 0 Å². The first kappa shape index (κ1) is 23.3. The molecule has 1 heterocycles. The minimum atomic E-state index is -4.30. The van der Waals surface area contributed by atoms with E-state index >= 15 is 0 Å². The highest BCUT2D eigenvalue weighted by atomic mass is 32.2. The van der Waals surface area contributed by atoms with E-state index in [1.54, 1.807) is 42.5 Å². The molecule has 36 heavy (non-hydrogen) atoms. The lowest BCUT2D eigenvalue weighted by Gasteiger charge is -2.16. The summed E-state index contributed by atoms with van der Waals surface area (Å²) in [6.45, 7) is 0. The van der Waals surface area contributed by atoms with Gasteiger partial charge in [0.1, 0.15) is 16.4 Å². The first-order valence-corrected chi connectivity index (χ1v) is 12.7. The molecule has 0 radical (unpaired) electrons. The Kier molecular flexibility index (Phi) is 5.82. The number of nitrogens with zero attached hydrogens (tertiary/aromatic N) is 4. The standard InChI is InChI=1S/C24H16N4O6S2/c29-19-17-11-4-5-12-18(17)20(30)22(36(33,34)16-9-2-1-3-10-16)21(19)35-24-25-26-27-28(24)15-8-6-7-14(13-15)23(31)32/h1-13,29-30H,(H,31,32). The van der Waals surface area contributed by atoms with Gasteiger partial charge in [0.15, 0.2) is 0 Å². The first-order chi connectivity index (χ1) is 17.3. The smallest absolute Gasteiger partial charge is 0.335 e. The SMILES string of the molecule is O=C(O)c1cccc(-n2nnnc2Sc2c(S(=O)(=O)c3ccccc3)c(O)c3ccccc3c2O)c1. The number of aromatic nitrogens is 4. The number of carboxylic acid groups (broad SMARTS) is 1. The van der Waals surface area contributed by atoms with E-state index in [1.807, 2.05) is 0 Å². The number of carboxylic acids is 1. The second-order valence-corrected chi connectivity index (χ2v) is 10.4. The zero-order valence-electron chi connectivity index (χ0n) is 18.2. The van der Waals surface area contributed by atoms with Crippen LogP contribution in [0.5, 0.6) is 11.5 Å². The summed E-state index contributed by atoms with van der Waals surface area (Å²) in [7, 11) is -4.30. The Morgan fingerprint density at radius 2 is 1.53 bits per heavy atom. The van der Waals surface area contributed by atoms with Crippen molar-refractivity contribution in [1.29, 1.82) is 0 Å². The van der Waals surface area contributed by atoms with Crippen molar-refractivity contribution in [2.45, 2.75) is 19.8 Å². The maximum atomic E-state index is 13.7. The summed E-state index contributed by atoms with van der Waals surface area (Å²) in [5, 5.41) is 43.5. The molecule has 0 aliphatic carbocycles. The fourth-order valence-electron chi connectivity index (χ4n) is 3.68. The number of tetrazole rings is 1. The molecular weight excluding hydrogens is 504 g/mol. The average molecular weight is 521 g/mol. The van der Waals surface area contributed by atoms with E-state index in [-0.39, 0.29) is 37.0 Å². The molecule has 0 aliphatic rings. The van der Waals surface area contributed by atoms with Gasteiger partial charge in [-0.2, -0.15) is 4.68 Å². The molecule has 0 aliphatic heterocycles. The summed E-state index contributed by atoms with van der Waals surface area (Å²) in [6.07, 6.45) is 0. The molecule has 180 valence electrons. The molecule has 4 aromatic carbocycles. The third-order valence-corrected chi connectivity index (χ3v) is 8.36. The van der Waals surface area contributed by atoms with Gasteiger partial charge in [-0.1, -0.05) is 48.5 Å². The number of aromatic hydroxyl groups is 2. The van der Waals surface area contributed by atoms with Crippen LogP contribution in [0.2, 0.25) is 0 Å². The molecule has 0 fully saturated rings. The van der Waals surface area contributed by atoms with Crippen LogP contribution in [0.1, 0.15) is 10.4 Å². The van der Waals surface area contributed by atoms with Crippen LogP contribution < -0.4 is 0 Å². The molecule has 0 saturated carbocycles. The Bertz CT molecular complexity index is 1740. The number of carbonyl (C=O) groups is 1. The monoisotopic (exact) mass is 520 g/mol. The number of hydrogen-bond donors (Lipinski definition) is 3. The summed E-state index contributed by atoms with van der Waals surface area (Å²) in [5.41, 5.74) is 0.303. The predicted molar refractivity (Wildman–Crippen MR) is 129 cm³/mol. The van der Waals surface area contributed by atoms with Crippen LogP contribution in [-0.2, 0) is 9.84 Å². The zero-order valence-corrected chi connectivity index (χ0v) is 19.8. The molecule has 3 N–H and O–H groups in total. The van der Waals surface area contributed by atoms with Gasteiger partial charge in [0.2, 0.25) is 15.0 Å². The van der Waals surface area contributed by atoms with Crippen LogP contribution in [0, 0.1) is 0 Å². The summed E-state index contributed by atoms with van der Waals surface area (Å²) in [5.74, 6) is -2.05. The van der Waals surface area contributed by atoms with Gasteiger partial charge in [0, 0.05) is 10.8 Å². The molecule has 0 spiro atoms. The van der Waals surface area contributed by atoms with Crippen molar-refractivity contribution in [1.82, 2.24) is 20.2 Å². The lowest BCUT2D eigenvalue weighted by molar-refractivity contribution is 0.0696. The van der Waals surface area contributed by atoms with Crippen LogP contribution in [0.3, 0.4) is 0 Å². The normalized spacial score (nSPS) is 11.6. The second-order valence-electron chi connectivity index (χ2n) is 7.55. The number of phenols is 2. The number of sulfone groups is 1. The summed E-state index contributed by atoms with van der Waals surface area (Å²) in [6, 6.07) is 19.7. The van der Waals surface area contributed by atoms with Gasteiger partial charge >= 0.3 is 5.97 Å². The van der Waals surface area contributed by atoms with E-state index in [4.69, 9.17) is 0 Å². The highest BCUT2D eigenvalue weighted by Crippen LogP contribution is 2.49. The fraction of sp³-hybridized carbons (Fsp3) is 0. The minimum Gasteiger partial charge on any atom is -0.506 e. The van der Waals surface area contributed by atoms with Crippen molar-refractivity contribution in [2.75, 3.05) is 0 Å². The van der Waals surface area contributed by atoms with Crippen LogP contribution in [0.25, 0.3) is 16.5 Å². The third-order valence-electron chi connectivity index (χ3n) is 5.37. The van der Waals surface area contributed by atoms with Crippen molar-refractivity contribution < 1.29 is 28.5 Å². The Balaban J connectivity index is 1.74. The minimum absolute atomic E-state index is 0.00232. The van der Waals surface area contributed by atoms with Crippen LogP contribution >= 0.6 is 11.8 Å². The summed E-state index contributed by atoms with van der Waals surface area (Å²) >= 11 is 0.724. The molecular formula is C24H16N4O6S2. The Hall–Kier alpha value is -4.42. The third kappa shape index (κ3) is 3.91. The largest absolute Gasteiger partial charge is 0.506 e. The molecule has 1 aromatic heterocycles.